The van der Waals surface area contributed by atoms with Gasteiger partial charge in [0, 0.05) is 0 Å². The molecule has 0 aromatic heterocycles. The fraction of sp³-hybridized carbons (Fsp3) is 0.571. The van der Waals surface area contributed by atoms with E-state index >= 15 is 0 Å². The number of rotatable bonds is 3. The first-order valence-electron chi connectivity index (χ1n) is 2.98. The Balaban J connectivity index is 0. The van der Waals surface area contributed by atoms with Crippen LogP contribution in [0.25, 0.3) is 0 Å². The van der Waals surface area contributed by atoms with Gasteiger partial charge in [0.1, 0.15) is 23.3 Å². The molecule has 0 aliphatic carbocycles. The number of hydrogen-bond acceptors (Lipinski definition) is 3. The molecule has 0 spiro atoms. The van der Waals surface area contributed by atoms with Crippen LogP contribution < -0.4 is 0 Å². The SMILES string of the molecule is CC(=O)C(C(C)=O)C(C)=O.[TeH2]. The van der Waals surface area contributed by atoms with Crippen molar-refractivity contribution in [2.75, 3.05) is 0 Å². The van der Waals surface area contributed by atoms with Gasteiger partial charge in [0.15, 0.2) is 0 Å². The minimum atomic E-state index is -1.03. The van der Waals surface area contributed by atoms with E-state index in [9.17, 15) is 14.4 Å². The van der Waals surface area contributed by atoms with Crippen LogP contribution in [0.2, 0.25) is 0 Å². The third kappa shape index (κ3) is 4.28. The first kappa shape index (κ1) is 13.4. The molecule has 0 rings (SSSR count). The summed E-state index contributed by atoms with van der Waals surface area (Å²) in [5.41, 5.74) is 0. The molecule has 0 fully saturated rings. The van der Waals surface area contributed by atoms with E-state index in [0.717, 1.165) is 0 Å². The fourth-order valence-corrected chi connectivity index (χ4v) is 0.859. The Morgan fingerprint density at radius 3 is 1.00 bits per heavy atom. The number of ketones is 3. The van der Waals surface area contributed by atoms with Crippen molar-refractivity contribution in [3.8, 4) is 0 Å². The van der Waals surface area contributed by atoms with Gasteiger partial charge in [-0.2, -0.15) is 0 Å². The second-order valence-corrected chi connectivity index (χ2v) is 2.26. The summed E-state index contributed by atoms with van der Waals surface area (Å²) in [7, 11) is 0. The first-order chi connectivity index (χ1) is 4.46. The van der Waals surface area contributed by atoms with Gasteiger partial charge < -0.3 is 0 Å². The molecule has 0 saturated carbocycles. The van der Waals surface area contributed by atoms with Crippen LogP contribution in [0.4, 0.5) is 0 Å². The van der Waals surface area contributed by atoms with E-state index in [1.54, 1.807) is 0 Å². The molecule has 0 saturated heterocycles. The second-order valence-electron chi connectivity index (χ2n) is 2.26. The van der Waals surface area contributed by atoms with E-state index < -0.39 is 5.92 Å². The Bertz CT molecular complexity index is 153. The summed E-state index contributed by atoms with van der Waals surface area (Å²) >= 11 is 0. The maximum absolute atomic E-state index is 10.6. The molecular weight excluding hydrogens is 260 g/mol. The van der Waals surface area contributed by atoms with E-state index in [2.05, 4.69) is 0 Å². The molecule has 0 aromatic rings. The Morgan fingerprint density at radius 2 is 1.00 bits per heavy atom. The molecule has 64 valence electrons. The minimum absolute atomic E-state index is 0. The van der Waals surface area contributed by atoms with Crippen LogP contribution in [0.5, 0.6) is 0 Å². The number of Topliss-reactive ketones (excluding diaryl/α,β-unsaturated/α-hetero) is 3. The van der Waals surface area contributed by atoms with Gasteiger partial charge in [-0.25, -0.2) is 0 Å². The van der Waals surface area contributed by atoms with Crippen molar-refractivity contribution >= 4 is 41.0 Å². The van der Waals surface area contributed by atoms with E-state index in [1.165, 1.54) is 20.8 Å². The average molecular weight is 272 g/mol. The predicted octanol–water partition coefficient (Wildman–Crippen LogP) is -0.547. The molecular formula is C7H12O3Te. The van der Waals surface area contributed by atoms with Crippen molar-refractivity contribution < 1.29 is 14.4 Å². The standard InChI is InChI=1S/C7H10O3.H2Te/c1-4(8)7(5(2)9)6(3)10;/h7H,1-3H3;1H2. The van der Waals surface area contributed by atoms with Gasteiger partial charge in [0.05, 0.1) is 0 Å². The van der Waals surface area contributed by atoms with Gasteiger partial charge >= 0.3 is 23.7 Å². The number of hydrogen-bond donors (Lipinski definition) is 0. The predicted molar refractivity (Wildman–Crippen MR) is 44.1 cm³/mol. The summed E-state index contributed by atoms with van der Waals surface area (Å²) in [6.07, 6.45) is 0. The van der Waals surface area contributed by atoms with Crippen LogP contribution in [0.1, 0.15) is 20.8 Å². The van der Waals surface area contributed by atoms with Gasteiger partial charge in [-0.3, -0.25) is 14.4 Å². The summed E-state index contributed by atoms with van der Waals surface area (Å²) in [5.74, 6) is -2.15. The zero-order valence-electron chi connectivity index (χ0n) is 6.80. The van der Waals surface area contributed by atoms with Crippen molar-refractivity contribution in [1.29, 1.82) is 0 Å². The van der Waals surface area contributed by atoms with E-state index in [-0.39, 0.29) is 41.0 Å². The van der Waals surface area contributed by atoms with Crippen LogP contribution in [-0.2, 0) is 14.4 Å². The normalized spacial score (nSPS) is 8.73. The van der Waals surface area contributed by atoms with Gasteiger partial charge in [0.25, 0.3) is 0 Å². The summed E-state index contributed by atoms with van der Waals surface area (Å²) in [4.78, 5) is 31.8. The third-order valence-electron chi connectivity index (χ3n) is 1.22. The molecule has 4 heteroatoms. The maximum atomic E-state index is 10.6. The van der Waals surface area contributed by atoms with Crippen LogP contribution in [0, 0.1) is 5.92 Å². The Labute approximate surface area is 82.3 Å². The van der Waals surface area contributed by atoms with E-state index in [1.807, 2.05) is 0 Å². The monoisotopic (exact) mass is 274 g/mol. The fourth-order valence-electron chi connectivity index (χ4n) is 0.859. The van der Waals surface area contributed by atoms with Crippen molar-refractivity contribution in [1.82, 2.24) is 0 Å². The Morgan fingerprint density at radius 1 is 0.818 bits per heavy atom. The van der Waals surface area contributed by atoms with Gasteiger partial charge in [-0.1, -0.05) is 0 Å². The van der Waals surface area contributed by atoms with E-state index in [0.29, 0.717) is 0 Å². The van der Waals surface area contributed by atoms with E-state index in [4.69, 9.17) is 0 Å². The van der Waals surface area contributed by atoms with Crippen molar-refractivity contribution in [3.05, 3.63) is 0 Å². The van der Waals surface area contributed by atoms with Crippen LogP contribution in [0.3, 0.4) is 0 Å². The van der Waals surface area contributed by atoms with Gasteiger partial charge in [0.2, 0.25) is 0 Å². The van der Waals surface area contributed by atoms with Crippen molar-refractivity contribution in [3.63, 3.8) is 0 Å². The summed E-state index contributed by atoms with van der Waals surface area (Å²) < 4.78 is 0. The number of carbonyl (C=O) groups is 3. The molecule has 0 bridgehead atoms. The van der Waals surface area contributed by atoms with Crippen molar-refractivity contribution in [2.45, 2.75) is 20.8 Å². The second kappa shape index (κ2) is 5.45. The Hall–Kier alpha value is -0.200. The molecule has 0 heterocycles. The van der Waals surface area contributed by atoms with Crippen LogP contribution in [-0.4, -0.2) is 41.0 Å². The molecule has 0 radical (unpaired) electrons. The quantitative estimate of drug-likeness (QED) is 0.511. The molecule has 3 nitrogen and oxygen atoms in total. The molecule has 0 amide bonds. The molecule has 0 aliphatic rings. The molecule has 0 aliphatic heterocycles. The first-order valence-corrected chi connectivity index (χ1v) is 2.98. The molecule has 0 aromatic carbocycles. The molecule has 11 heavy (non-hydrogen) atoms. The zero-order valence-corrected chi connectivity index (χ0v) is 9.66. The van der Waals surface area contributed by atoms with Crippen LogP contribution in [0.15, 0.2) is 0 Å². The Kier molecular flexibility index (Phi) is 6.64. The molecule has 0 unspecified atom stereocenters. The van der Waals surface area contributed by atoms with Gasteiger partial charge in [-0.05, 0) is 20.8 Å². The summed E-state index contributed by atoms with van der Waals surface area (Å²) in [6.45, 7) is 3.73. The average Bonchev–Trinajstić information content (AvgIpc) is 1.59. The van der Waals surface area contributed by atoms with Gasteiger partial charge in [-0.15, -0.1) is 0 Å². The summed E-state index contributed by atoms with van der Waals surface area (Å²) in [5, 5.41) is 0. The van der Waals surface area contributed by atoms with Crippen LogP contribution >= 0.6 is 0 Å². The topological polar surface area (TPSA) is 51.2 Å². The molecule has 0 N–H and O–H groups in total. The number of carbonyl (C=O) groups excluding carboxylic acids is 3. The zero-order chi connectivity index (χ0) is 8.31. The summed E-state index contributed by atoms with van der Waals surface area (Å²) in [6, 6.07) is 0. The molecule has 0 atom stereocenters. The van der Waals surface area contributed by atoms with Crippen molar-refractivity contribution in [2.24, 2.45) is 5.92 Å². The third-order valence-corrected chi connectivity index (χ3v) is 1.22.